The van der Waals surface area contributed by atoms with Crippen LogP contribution in [-0.4, -0.2) is 73.7 Å². The summed E-state index contributed by atoms with van der Waals surface area (Å²) in [6, 6.07) is 1.20. The Labute approximate surface area is 162 Å². The maximum absolute atomic E-state index is 5.05. The minimum absolute atomic E-state index is 0.223. The van der Waals surface area contributed by atoms with Gasteiger partial charge in [-0.3, -0.25) is 4.99 Å². The topological polar surface area (TPSA) is 42.9 Å². The zero-order chi connectivity index (χ0) is 19.2. The van der Waals surface area contributed by atoms with Crippen LogP contribution in [0.15, 0.2) is 4.99 Å². The molecule has 1 aliphatic carbocycles. The molecule has 0 radical (unpaired) electrons. The average Bonchev–Trinajstić information content (AvgIpc) is 2.60. The van der Waals surface area contributed by atoms with E-state index in [-0.39, 0.29) is 5.54 Å². The van der Waals surface area contributed by atoms with Crippen LogP contribution in [0.1, 0.15) is 66.2 Å². The third-order valence-electron chi connectivity index (χ3n) is 6.49. The van der Waals surface area contributed by atoms with Crippen LogP contribution in [0.5, 0.6) is 0 Å². The molecule has 5 nitrogen and oxygen atoms in total. The van der Waals surface area contributed by atoms with E-state index in [1.54, 1.807) is 0 Å². The molecule has 0 amide bonds. The largest absolute Gasteiger partial charge is 0.357 e. The smallest absolute Gasteiger partial charge is 0.191 e. The van der Waals surface area contributed by atoms with Gasteiger partial charge in [0.1, 0.15) is 0 Å². The van der Waals surface area contributed by atoms with Gasteiger partial charge in [0.2, 0.25) is 0 Å². The third kappa shape index (κ3) is 5.85. The molecule has 1 aliphatic heterocycles. The Morgan fingerprint density at radius 1 is 1.23 bits per heavy atom. The average molecular weight is 366 g/mol. The Bertz CT molecular complexity index is 440. The highest BCUT2D eigenvalue weighted by Gasteiger charge is 2.37. The number of aliphatic imine (C=N–C) groups is 1. The molecule has 26 heavy (non-hydrogen) atoms. The van der Waals surface area contributed by atoms with E-state index < -0.39 is 0 Å². The van der Waals surface area contributed by atoms with Crippen molar-refractivity contribution >= 4 is 5.96 Å². The molecule has 1 saturated carbocycles. The van der Waals surface area contributed by atoms with Gasteiger partial charge in [0.25, 0.3) is 0 Å². The molecule has 2 N–H and O–H groups in total. The zero-order valence-electron chi connectivity index (χ0n) is 18.1. The lowest BCUT2D eigenvalue weighted by molar-refractivity contribution is 0.0844. The quantitative estimate of drug-likeness (QED) is 0.561. The van der Waals surface area contributed by atoms with E-state index in [4.69, 9.17) is 4.99 Å². The first-order valence-corrected chi connectivity index (χ1v) is 10.8. The van der Waals surface area contributed by atoms with Crippen LogP contribution in [0.3, 0.4) is 0 Å². The van der Waals surface area contributed by atoms with Gasteiger partial charge in [-0.2, -0.15) is 0 Å². The number of nitrogens with zero attached hydrogens (tertiary/aromatic N) is 3. The fraction of sp³-hybridized carbons (Fsp3) is 0.952. The van der Waals surface area contributed by atoms with E-state index in [0.29, 0.717) is 12.1 Å². The monoisotopic (exact) mass is 365 g/mol. The molecule has 152 valence electrons. The number of nitrogens with one attached hydrogen (secondary N) is 2. The lowest BCUT2D eigenvalue weighted by Gasteiger charge is -2.44. The van der Waals surface area contributed by atoms with Gasteiger partial charge < -0.3 is 20.4 Å². The summed E-state index contributed by atoms with van der Waals surface area (Å²) >= 11 is 0. The summed E-state index contributed by atoms with van der Waals surface area (Å²) in [7, 11) is 4.46. The fourth-order valence-corrected chi connectivity index (χ4v) is 4.62. The molecule has 0 aromatic rings. The van der Waals surface area contributed by atoms with E-state index in [9.17, 15) is 0 Å². The molecular formula is C21H43N5. The van der Waals surface area contributed by atoms with Gasteiger partial charge >= 0.3 is 0 Å². The Balaban J connectivity index is 1.97. The molecule has 1 saturated heterocycles. The molecule has 2 fully saturated rings. The number of piperidine rings is 1. The molecule has 0 bridgehead atoms. The predicted octanol–water partition coefficient (Wildman–Crippen LogP) is 2.92. The highest BCUT2D eigenvalue weighted by Crippen LogP contribution is 2.35. The molecule has 0 aromatic carbocycles. The van der Waals surface area contributed by atoms with Gasteiger partial charge in [-0.05, 0) is 66.5 Å². The summed E-state index contributed by atoms with van der Waals surface area (Å²) < 4.78 is 0. The van der Waals surface area contributed by atoms with Crippen molar-refractivity contribution in [2.24, 2.45) is 10.9 Å². The molecular weight excluding hydrogens is 322 g/mol. The van der Waals surface area contributed by atoms with Crippen LogP contribution in [0.2, 0.25) is 0 Å². The standard InChI is InChI=1S/C21H43N5/c1-7-22-20(24-19-10-13-26(14-11-19)17(2)3)23-16-21(25(5)6)12-8-9-18(4)15-21/h17-19H,7-16H2,1-6H3,(H2,22,23,24). The van der Waals surface area contributed by atoms with E-state index in [1.807, 2.05) is 0 Å². The van der Waals surface area contributed by atoms with Crippen LogP contribution in [0.4, 0.5) is 0 Å². The summed E-state index contributed by atoms with van der Waals surface area (Å²) in [4.78, 5) is 10.1. The summed E-state index contributed by atoms with van der Waals surface area (Å²) in [6.45, 7) is 13.3. The molecule has 1 heterocycles. The Morgan fingerprint density at radius 2 is 1.92 bits per heavy atom. The first kappa shape index (κ1) is 21.5. The van der Waals surface area contributed by atoms with Gasteiger partial charge in [-0.1, -0.05) is 19.8 Å². The van der Waals surface area contributed by atoms with Crippen molar-refractivity contribution in [2.75, 3.05) is 40.3 Å². The lowest BCUT2D eigenvalue weighted by Crippen LogP contribution is -2.52. The molecule has 2 atom stereocenters. The molecule has 5 heteroatoms. The van der Waals surface area contributed by atoms with Crippen molar-refractivity contribution in [3.05, 3.63) is 0 Å². The molecule has 2 aliphatic rings. The molecule has 2 rings (SSSR count). The second kappa shape index (κ2) is 9.93. The van der Waals surface area contributed by atoms with Crippen molar-refractivity contribution in [1.29, 1.82) is 0 Å². The maximum Gasteiger partial charge on any atom is 0.191 e. The normalized spacial score (nSPS) is 29.4. The highest BCUT2D eigenvalue weighted by atomic mass is 15.2. The molecule has 0 aromatic heterocycles. The fourth-order valence-electron chi connectivity index (χ4n) is 4.62. The van der Waals surface area contributed by atoms with Crippen molar-refractivity contribution in [3.63, 3.8) is 0 Å². The van der Waals surface area contributed by atoms with E-state index >= 15 is 0 Å². The number of guanidine groups is 1. The SMILES string of the molecule is CCNC(=NCC1(N(C)C)CCCC(C)C1)NC1CCN(C(C)C)CC1. The minimum Gasteiger partial charge on any atom is -0.357 e. The van der Waals surface area contributed by atoms with E-state index in [0.717, 1.165) is 25.0 Å². The van der Waals surface area contributed by atoms with E-state index in [1.165, 1.54) is 51.6 Å². The van der Waals surface area contributed by atoms with Gasteiger partial charge in [-0.15, -0.1) is 0 Å². The van der Waals surface area contributed by atoms with Crippen molar-refractivity contribution in [1.82, 2.24) is 20.4 Å². The lowest BCUT2D eigenvalue weighted by atomic mass is 9.75. The van der Waals surface area contributed by atoms with Crippen LogP contribution in [0.25, 0.3) is 0 Å². The van der Waals surface area contributed by atoms with Gasteiger partial charge in [0.15, 0.2) is 5.96 Å². The zero-order valence-corrected chi connectivity index (χ0v) is 18.1. The summed E-state index contributed by atoms with van der Waals surface area (Å²) in [5.41, 5.74) is 0.223. The summed E-state index contributed by atoms with van der Waals surface area (Å²) in [5, 5.41) is 7.19. The van der Waals surface area contributed by atoms with Crippen molar-refractivity contribution in [3.8, 4) is 0 Å². The minimum atomic E-state index is 0.223. The third-order valence-corrected chi connectivity index (χ3v) is 6.49. The van der Waals surface area contributed by atoms with Gasteiger partial charge in [-0.25, -0.2) is 0 Å². The first-order chi connectivity index (χ1) is 12.4. The number of likely N-dealkylation sites (tertiary alicyclic amines) is 1. The Morgan fingerprint density at radius 3 is 2.46 bits per heavy atom. The molecule has 0 spiro atoms. The number of hydrogen-bond acceptors (Lipinski definition) is 3. The Kier molecular flexibility index (Phi) is 8.21. The number of rotatable bonds is 6. The summed E-state index contributed by atoms with van der Waals surface area (Å²) in [5.74, 6) is 1.81. The second-order valence-electron chi connectivity index (χ2n) is 9.06. The first-order valence-electron chi connectivity index (χ1n) is 10.8. The van der Waals surface area contributed by atoms with Crippen molar-refractivity contribution < 1.29 is 0 Å². The van der Waals surface area contributed by atoms with Gasteiger partial charge in [0, 0.05) is 37.3 Å². The second-order valence-corrected chi connectivity index (χ2v) is 9.06. The van der Waals surface area contributed by atoms with Crippen molar-refractivity contribution in [2.45, 2.75) is 83.8 Å². The Hall–Kier alpha value is -0.810. The van der Waals surface area contributed by atoms with Crippen LogP contribution < -0.4 is 10.6 Å². The maximum atomic E-state index is 5.05. The number of hydrogen-bond donors (Lipinski definition) is 2. The predicted molar refractivity (Wildman–Crippen MR) is 113 cm³/mol. The highest BCUT2D eigenvalue weighted by molar-refractivity contribution is 5.80. The van der Waals surface area contributed by atoms with E-state index in [2.05, 4.69) is 62.2 Å². The van der Waals surface area contributed by atoms with Crippen LogP contribution >= 0.6 is 0 Å². The molecule has 2 unspecified atom stereocenters. The summed E-state index contributed by atoms with van der Waals surface area (Å²) in [6.07, 6.45) is 7.63. The van der Waals surface area contributed by atoms with Crippen LogP contribution in [-0.2, 0) is 0 Å². The number of likely N-dealkylation sites (N-methyl/N-ethyl adjacent to an activating group) is 1. The van der Waals surface area contributed by atoms with Crippen LogP contribution in [0, 0.1) is 5.92 Å². The van der Waals surface area contributed by atoms with Gasteiger partial charge in [0.05, 0.1) is 6.54 Å².